The summed E-state index contributed by atoms with van der Waals surface area (Å²) < 4.78 is 37.7. The lowest BCUT2D eigenvalue weighted by Gasteiger charge is -2.26. The van der Waals surface area contributed by atoms with Crippen LogP contribution in [-0.4, -0.2) is 41.5 Å². The van der Waals surface area contributed by atoms with Gasteiger partial charge in [-0.15, -0.1) is 11.6 Å². The SMILES string of the molecule is O=S1CCN(S(=O)(=O)c2ccc(Cl)c(CCl)c2Cl)CC1. The van der Waals surface area contributed by atoms with Crippen molar-refractivity contribution in [2.45, 2.75) is 10.8 Å². The molecule has 0 saturated carbocycles. The van der Waals surface area contributed by atoms with Crippen molar-refractivity contribution in [2.24, 2.45) is 0 Å². The number of nitrogens with zero attached hydrogens (tertiary/aromatic N) is 1. The van der Waals surface area contributed by atoms with E-state index in [9.17, 15) is 12.6 Å². The van der Waals surface area contributed by atoms with Crippen LogP contribution in [0.25, 0.3) is 0 Å². The number of alkyl halides is 1. The zero-order valence-electron chi connectivity index (χ0n) is 10.3. The first-order valence-electron chi connectivity index (χ1n) is 5.76. The van der Waals surface area contributed by atoms with E-state index in [0.29, 0.717) is 22.1 Å². The Labute approximate surface area is 135 Å². The van der Waals surface area contributed by atoms with Gasteiger partial charge in [-0.1, -0.05) is 23.2 Å². The highest BCUT2D eigenvalue weighted by atomic mass is 35.5. The van der Waals surface area contributed by atoms with E-state index in [1.807, 2.05) is 0 Å². The topological polar surface area (TPSA) is 54.5 Å². The van der Waals surface area contributed by atoms with Gasteiger partial charge in [0.25, 0.3) is 0 Å². The molecule has 0 atom stereocenters. The Bertz CT molecular complexity index is 639. The van der Waals surface area contributed by atoms with Crippen LogP contribution in [0.1, 0.15) is 5.56 Å². The summed E-state index contributed by atoms with van der Waals surface area (Å²) in [5.41, 5.74) is 0.400. The Morgan fingerprint density at radius 3 is 2.35 bits per heavy atom. The Balaban J connectivity index is 2.42. The second kappa shape index (κ2) is 6.50. The fraction of sp³-hybridized carbons (Fsp3) is 0.455. The van der Waals surface area contributed by atoms with Gasteiger partial charge in [0.1, 0.15) is 4.90 Å². The second-order valence-electron chi connectivity index (χ2n) is 4.22. The minimum absolute atomic E-state index is 0.00750. The number of halogens is 3. The monoisotopic (exact) mass is 375 g/mol. The predicted molar refractivity (Wildman–Crippen MR) is 82.7 cm³/mol. The van der Waals surface area contributed by atoms with Crippen LogP contribution in [0.2, 0.25) is 10.0 Å². The maximum Gasteiger partial charge on any atom is 0.244 e. The molecule has 0 bridgehead atoms. The molecule has 0 N–H and O–H groups in total. The Kier molecular flexibility index (Phi) is 5.37. The van der Waals surface area contributed by atoms with Crippen molar-refractivity contribution in [1.82, 2.24) is 4.31 Å². The minimum atomic E-state index is -3.72. The third-order valence-electron chi connectivity index (χ3n) is 3.04. The van der Waals surface area contributed by atoms with Crippen LogP contribution in [0.5, 0.6) is 0 Å². The van der Waals surface area contributed by atoms with Gasteiger partial charge in [-0.05, 0) is 12.1 Å². The van der Waals surface area contributed by atoms with Crippen LogP contribution in [-0.2, 0) is 26.7 Å². The van der Waals surface area contributed by atoms with E-state index in [4.69, 9.17) is 34.8 Å². The number of benzene rings is 1. The summed E-state index contributed by atoms with van der Waals surface area (Å²) in [6, 6.07) is 2.85. The minimum Gasteiger partial charge on any atom is -0.259 e. The third-order valence-corrected chi connectivity index (χ3v) is 7.42. The lowest BCUT2D eigenvalue weighted by molar-refractivity contribution is 0.438. The number of hydrogen-bond acceptors (Lipinski definition) is 3. The van der Waals surface area contributed by atoms with Crippen molar-refractivity contribution >= 4 is 55.6 Å². The van der Waals surface area contributed by atoms with Crippen LogP contribution in [0.15, 0.2) is 17.0 Å². The van der Waals surface area contributed by atoms with Crippen molar-refractivity contribution in [1.29, 1.82) is 0 Å². The van der Waals surface area contributed by atoms with Crippen molar-refractivity contribution in [3.05, 3.63) is 27.7 Å². The molecule has 1 heterocycles. The summed E-state index contributed by atoms with van der Waals surface area (Å²) in [6.45, 7) is 0.453. The molecule has 1 aliphatic heterocycles. The maximum absolute atomic E-state index is 12.6. The number of rotatable bonds is 3. The summed E-state index contributed by atoms with van der Waals surface area (Å²) in [6.07, 6.45) is 0. The molecule has 0 unspecified atom stereocenters. The first-order valence-corrected chi connectivity index (χ1v) is 9.97. The number of sulfonamides is 1. The Morgan fingerprint density at radius 1 is 1.20 bits per heavy atom. The zero-order chi connectivity index (χ0) is 14.9. The molecule has 0 aliphatic carbocycles. The van der Waals surface area contributed by atoms with Gasteiger partial charge < -0.3 is 0 Å². The smallest absolute Gasteiger partial charge is 0.244 e. The molecule has 20 heavy (non-hydrogen) atoms. The van der Waals surface area contributed by atoms with Gasteiger partial charge in [-0.25, -0.2) is 8.42 Å². The largest absolute Gasteiger partial charge is 0.259 e. The Hall–Kier alpha value is 0.150. The summed E-state index contributed by atoms with van der Waals surface area (Å²) in [4.78, 5) is -0.00750. The first-order chi connectivity index (χ1) is 9.37. The van der Waals surface area contributed by atoms with Gasteiger partial charge in [0.2, 0.25) is 10.0 Å². The predicted octanol–water partition coefficient (Wildman–Crippen LogP) is 2.49. The molecule has 0 spiro atoms. The molecule has 1 aromatic rings. The highest BCUT2D eigenvalue weighted by Gasteiger charge is 2.30. The lowest BCUT2D eigenvalue weighted by atomic mass is 10.2. The average molecular weight is 377 g/mol. The molecule has 0 radical (unpaired) electrons. The van der Waals surface area contributed by atoms with Gasteiger partial charge in [-0.3, -0.25) is 4.21 Å². The van der Waals surface area contributed by atoms with Gasteiger partial charge in [0, 0.05) is 46.0 Å². The molecule has 1 aliphatic rings. The number of hydrogen-bond donors (Lipinski definition) is 0. The molecule has 112 valence electrons. The van der Waals surface area contributed by atoms with E-state index in [0.717, 1.165) is 0 Å². The second-order valence-corrected chi connectivity index (χ2v) is 8.88. The van der Waals surface area contributed by atoms with E-state index >= 15 is 0 Å². The molecular weight excluding hydrogens is 365 g/mol. The van der Waals surface area contributed by atoms with E-state index in [-0.39, 0.29) is 28.9 Å². The summed E-state index contributed by atoms with van der Waals surface area (Å²) in [5, 5.41) is 0.392. The van der Waals surface area contributed by atoms with Gasteiger partial charge in [0.05, 0.1) is 10.9 Å². The molecule has 0 amide bonds. The summed E-state index contributed by atoms with van der Waals surface area (Å²) in [5.74, 6) is 0.713. The van der Waals surface area contributed by atoms with Crippen molar-refractivity contribution in [2.75, 3.05) is 24.6 Å². The van der Waals surface area contributed by atoms with Crippen LogP contribution >= 0.6 is 34.8 Å². The normalized spacial score (nSPS) is 18.4. The van der Waals surface area contributed by atoms with E-state index in [1.54, 1.807) is 0 Å². The summed E-state index contributed by atoms with van der Waals surface area (Å²) in [7, 11) is -4.66. The lowest BCUT2D eigenvalue weighted by Crippen LogP contribution is -2.41. The average Bonchev–Trinajstić information content (AvgIpc) is 2.39. The highest BCUT2D eigenvalue weighted by molar-refractivity contribution is 7.89. The molecule has 4 nitrogen and oxygen atoms in total. The van der Waals surface area contributed by atoms with E-state index in [2.05, 4.69) is 0 Å². The highest BCUT2D eigenvalue weighted by Crippen LogP contribution is 2.33. The van der Waals surface area contributed by atoms with Crippen LogP contribution in [0.3, 0.4) is 0 Å². The van der Waals surface area contributed by atoms with Crippen LogP contribution in [0.4, 0.5) is 0 Å². The summed E-state index contributed by atoms with van der Waals surface area (Å²) >= 11 is 17.8. The third kappa shape index (κ3) is 3.15. The Morgan fingerprint density at radius 2 is 1.80 bits per heavy atom. The standard InChI is InChI=1S/C11H12Cl3NO3S2/c12-7-8-9(13)1-2-10(11(8)14)20(17,18)15-3-5-19(16)6-4-15/h1-2H,3-7H2. The zero-order valence-corrected chi connectivity index (χ0v) is 14.2. The van der Waals surface area contributed by atoms with Gasteiger partial charge >= 0.3 is 0 Å². The molecule has 1 fully saturated rings. The molecule has 2 rings (SSSR count). The molecule has 0 aromatic heterocycles. The molecule has 1 saturated heterocycles. The van der Waals surface area contributed by atoms with Crippen molar-refractivity contribution in [3.63, 3.8) is 0 Å². The van der Waals surface area contributed by atoms with Gasteiger partial charge in [0.15, 0.2) is 0 Å². The fourth-order valence-electron chi connectivity index (χ4n) is 1.90. The van der Waals surface area contributed by atoms with E-state index in [1.165, 1.54) is 16.4 Å². The maximum atomic E-state index is 12.6. The molecule has 9 heteroatoms. The first kappa shape index (κ1) is 16.5. The molecule has 1 aromatic carbocycles. The molecular formula is C11H12Cl3NO3S2. The van der Waals surface area contributed by atoms with Gasteiger partial charge in [-0.2, -0.15) is 4.31 Å². The van der Waals surface area contributed by atoms with Crippen LogP contribution < -0.4 is 0 Å². The van der Waals surface area contributed by atoms with Crippen LogP contribution in [0, 0.1) is 0 Å². The quantitative estimate of drug-likeness (QED) is 0.762. The van der Waals surface area contributed by atoms with Crippen molar-refractivity contribution in [3.8, 4) is 0 Å². The van der Waals surface area contributed by atoms with Crippen molar-refractivity contribution < 1.29 is 12.6 Å². The fourth-order valence-corrected chi connectivity index (χ4v) is 5.92. The van der Waals surface area contributed by atoms with E-state index < -0.39 is 20.8 Å².